The van der Waals surface area contributed by atoms with Crippen molar-refractivity contribution in [2.75, 3.05) is 30.8 Å². The van der Waals surface area contributed by atoms with Crippen LogP contribution in [0, 0.1) is 5.92 Å². The van der Waals surface area contributed by atoms with Crippen LogP contribution in [0.2, 0.25) is 0 Å². The highest BCUT2D eigenvalue weighted by atomic mass is 16.7. The summed E-state index contributed by atoms with van der Waals surface area (Å²) < 4.78 is 13.7. The number of rotatable bonds is 13. The third-order valence-electron chi connectivity index (χ3n) is 7.43. The summed E-state index contributed by atoms with van der Waals surface area (Å²) in [6.07, 6.45) is 5.55. The Kier molecular flexibility index (Phi) is 10.7. The standard InChI is InChI=1S/C32H40N4O6/c1-3-41-32-23(12-10-18-37)24(25-20-36(21(2)38)28-15-7-4-11-22(25)28)19-29(42-32)31(40)34-17-9-8-16-30(39)35-27-14-6-5-13-26(27)33/h4-7,11,13-15,19-20,23-24,32,37H,3,8-10,12,16-18,33H2,1-2H3,(H,34,40)(H,35,39). The fourth-order valence-corrected chi connectivity index (χ4v) is 5.38. The summed E-state index contributed by atoms with van der Waals surface area (Å²) >= 11 is 0. The van der Waals surface area contributed by atoms with E-state index < -0.39 is 6.29 Å². The van der Waals surface area contributed by atoms with Crippen molar-refractivity contribution >= 4 is 40.0 Å². The van der Waals surface area contributed by atoms with Crippen LogP contribution >= 0.6 is 0 Å². The molecular weight excluding hydrogens is 536 g/mol. The summed E-state index contributed by atoms with van der Waals surface area (Å²) in [6, 6.07) is 14.8. The van der Waals surface area contributed by atoms with E-state index in [1.165, 1.54) is 6.92 Å². The van der Waals surface area contributed by atoms with Crippen molar-refractivity contribution < 1.29 is 29.0 Å². The molecule has 2 heterocycles. The molecule has 3 aromatic rings. The van der Waals surface area contributed by atoms with Crippen LogP contribution in [-0.4, -0.2) is 53.4 Å². The molecule has 5 N–H and O–H groups in total. The van der Waals surface area contributed by atoms with E-state index in [2.05, 4.69) is 10.6 Å². The number of nitrogen functional groups attached to an aromatic ring is 1. The lowest BCUT2D eigenvalue weighted by atomic mass is 9.80. The Morgan fingerprint density at radius 2 is 1.83 bits per heavy atom. The number of ether oxygens (including phenoxy) is 2. The van der Waals surface area contributed by atoms with Gasteiger partial charge in [-0.2, -0.15) is 0 Å². The lowest BCUT2D eigenvalue weighted by Gasteiger charge is -2.36. The number of hydrogen-bond acceptors (Lipinski definition) is 7. The van der Waals surface area contributed by atoms with E-state index in [0.29, 0.717) is 56.6 Å². The van der Waals surface area contributed by atoms with E-state index in [4.69, 9.17) is 15.2 Å². The smallest absolute Gasteiger partial charge is 0.286 e. The van der Waals surface area contributed by atoms with E-state index in [9.17, 15) is 19.5 Å². The molecule has 1 aliphatic heterocycles. The number of para-hydroxylation sites is 3. The number of benzene rings is 2. The molecule has 42 heavy (non-hydrogen) atoms. The molecule has 2 aromatic carbocycles. The lowest BCUT2D eigenvalue weighted by Crippen LogP contribution is -2.39. The third kappa shape index (κ3) is 7.37. The molecule has 10 nitrogen and oxygen atoms in total. The highest BCUT2D eigenvalue weighted by molar-refractivity contribution is 5.95. The van der Waals surface area contributed by atoms with Gasteiger partial charge in [0.2, 0.25) is 18.1 Å². The number of fused-ring (bicyclic) bond motifs is 1. The van der Waals surface area contributed by atoms with Gasteiger partial charge in [-0.05, 0) is 62.4 Å². The predicted octanol–water partition coefficient (Wildman–Crippen LogP) is 4.56. The molecule has 0 fully saturated rings. The maximum absolute atomic E-state index is 13.2. The second-order valence-electron chi connectivity index (χ2n) is 10.4. The Hall–Kier alpha value is -4.15. The van der Waals surface area contributed by atoms with E-state index in [1.807, 2.05) is 37.4 Å². The monoisotopic (exact) mass is 576 g/mol. The number of anilines is 2. The van der Waals surface area contributed by atoms with E-state index >= 15 is 0 Å². The number of carbonyl (C=O) groups excluding carboxylic acids is 3. The molecule has 0 bridgehead atoms. The van der Waals surface area contributed by atoms with Gasteiger partial charge >= 0.3 is 0 Å². The Balaban J connectivity index is 1.47. The second kappa shape index (κ2) is 14.7. The first kappa shape index (κ1) is 30.8. The fraction of sp³-hybridized carbons (Fsp3) is 0.406. The van der Waals surface area contributed by atoms with Crippen LogP contribution in [0.15, 0.2) is 66.6 Å². The number of aliphatic hydroxyl groups excluding tert-OH is 1. The van der Waals surface area contributed by atoms with Crippen molar-refractivity contribution in [2.45, 2.75) is 58.2 Å². The van der Waals surface area contributed by atoms with Crippen LogP contribution in [0.1, 0.15) is 62.2 Å². The average molecular weight is 577 g/mol. The third-order valence-corrected chi connectivity index (χ3v) is 7.43. The van der Waals surface area contributed by atoms with Crippen molar-refractivity contribution in [3.8, 4) is 0 Å². The number of allylic oxidation sites excluding steroid dienone is 1. The van der Waals surface area contributed by atoms with Gasteiger partial charge in [0.25, 0.3) is 5.91 Å². The lowest BCUT2D eigenvalue weighted by molar-refractivity contribution is -0.166. The van der Waals surface area contributed by atoms with Gasteiger partial charge in [0, 0.05) is 56.5 Å². The van der Waals surface area contributed by atoms with Crippen LogP contribution < -0.4 is 16.4 Å². The Morgan fingerprint density at radius 3 is 2.57 bits per heavy atom. The molecular formula is C32H40N4O6. The molecule has 3 atom stereocenters. The summed E-state index contributed by atoms with van der Waals surface area (Å²) in [7, 11) is 0. The number of nitrogens with one attached hydrogen (secondary N) is 2. The fourth-order valence-electron chi connectivity index (χ4n) is 5.38. The maximum atomic E-state index is 13.2. The van der Waals surface area contributed by atoms with E-state index in [0.717, 1.165) is 16.5 Å². The number of nitrogens with zero attached hydrogens (tertiary/aromatic N) is 1. The quantitative estimate of drug-likeness (QED) is 0.172. The number of unbranched alkanes of at least 4 members (excludes halogenated alkanes) is 1. The Bertz CT molecular complexity index is 1430. The minimum atomic E-state index is -0.703. The maximum Gasteiger partial charge on any atom is 0.286 e. The van der Waals surface area contributed by atoms with Gasteiger partial charge in [-0.15, -0.1) is 0 Å². The second-order valence-corrected chi connectivity index (χ2v) is 10.4. The number of aromatic nitrogens is 1. The van der Waals surface area contributed by atoms with Crippen LogP contribution in [-0.2, 0) is 19.1 Å². The van der Waals surface area contributed by atoms with Crippen molar-refractivity contribution in [1.29, 1.82) is 0 Å². The Labute approximate surface area is 245 Å². The molecule has 1 aliphatic rings. The summed E-state index contributed by atoms with van der Waals surface area (Å²) in [5, 5.41) is 16.2. The van der Waals surface area contributed by atoms with Crippen LogP contribution in [0.5, 0.6) is 0 Å². The van der Waals surface area contributed by atoms with Crippen LogP contribution in [0.3, 0.4) is 0 Å². The summed E-state index contributed by atoms with van der Waals surface area (Å²) in [5.74, 6) is -0.948. The summed E-state index contributed by atoms with van der Waals surface area (Å²) in [4.78, 5) is 38.0. The zero-order valence-corrected chi connectivity index (χ0v) is 24.2. The van der Waals surface area contributed by atoms with Gasteiger partial charge < -0.3 is 30.9 Å². The highest BCUT2D eigenvalue weighted by Crippen LogP contribution is 2.42. The van der Waals surface area contributed by atoms with E-state index in [-0.39, 0.29) is 41.9 Å². The molecule has 224 valence electrons. The molecule has 1 aromatic heterocycles. The molecule has 0 aliphatic carbocycles. The number of nitrogens with two attached hydrogens (primary N) is 1. The van der Waals surface area contributed by atoms with Gasteiger partial charge in [0.15, 0.2) is 5.76 Å². The normalized spacial score (nSPS) is 18.3. The zero-order chi connectivity index (χ0) is 30.1. The first-order valence-electron chi connectivity index (χ1n) is 14.5. The largest absolute Gasteiger partial charge is 0.459 e. The average Bonchev–Trinajstić information content (AvgIpc) is 3.37. The topological polar surface area (TPSA) is 145 Å². The van der Waals surface area contributed by atoms with Crippen LogP contribution in [0.25, 0.3) is 10.9 Å². The zero-order valence-electron chi connectivity index (χ0n) is 24.2. The first-order chi connectivity index (χ1) is 20.3. The van der Waals surface area contributed by atoms with E-state index in [1.54, 1.807) is 34.9 Å². The highest BCUT2D eigenvalue weighted by Gasteiger charge is 2.39. The van der Waals surface area contributed by atoms with Crippen molar-refractivity contribution in [2.24, 2.45) is 5.92 Å². The number of aliphatic hydroxyl groups is 1. The van der Waals surface area contributed by atoms with Crippen LogP contribution in [0.4, 0.5) is 11.4 Å². The minimum Gasteiger partial charge on any atom is -0.459 e. The summed E-state index contributed by atoms with van der Waals surface area (Å²) in [6.45, 7) is 4.14. The van der Waals surface area contributed by atoms with Gasteiger partial charge in [-0.25, -0.2) is 0 Å². The number of carbonyl (C=O) groups is 3. The molecule has 4 rings (SSSR count). The molecule has 2 amide bonds. The number of hydrogen-bond donors (Lipinski definition) is 4. The molecule has 10 heteroatoms. The first-order valence-corrected chi connectivity index (χ1v) is 14.5. The molecule has 0 radical (unpaired) electrons. The summed E-state index contributed by atoms with van der Waals surface area (Å²) in [5.41, 5.74) is 8.66. The Morgan fingerprint density at radius 1 is 1.07 bits per heavy atom. The van der Waals surface area contributed by atoms with Crippen molar-refractivity contribution in [1.82, 2.24) is 9.88 Å². The molecule has 0 saturated heterocycles. The number of amides is 2. The van der Waals surface area contributed by atoms with Gasteiger partial charge in [-0.1, -0.05) is 30.3 Å². The van der Waals surface area contributed by atoms with Gasteiger partial charge in [0.1, 0.15) is 0 Å². The van der Waals surface area contributed by atoms with Gasteiger partial charge in [0.05, 0.1) is 16.9 Å². The SMILES string of the molecule is CCOC1OC(C(=O)NCCCCC(=O)Nc2ccccc2N)=CC(c2cn(C(C)=O)c3ccccc23)C1CCCO. The predicted molar refractivity (Wildman–Crippen MR) is 162 cm³/mol. The van der Waals surface area contributed by atoms with Crippen molar-refractivity contribution in [3.05, 3.63) is 72.1 Å². The minimum absolute atomic E-state index is 0.0189. The molecule has 0 saturated carbocycles. The van der Waals surface area contributed by atoms with Gasteiger partial charge in [-0.3, -0.25) is 19.0 Å². The molecule has 3 unspecified atom stereocenters. The van der Waals surface area contributed by atoms with Crippen molar-refractivity contribution in [3.63, 3.8) is 0 Å². The molecule has 0 spiro atoms.